The largest absolute Gasteiger partial charge is 0.497 e. The van der Waals surface area contributed by atoms with Gasteiger partial charge in [-0.1, -0.05) is 12.1 Å². The molecule has 3 aromatic carbocycles. The van der Waals surface area contributed by atoms with Crippen LogP contribution in [0.1, 0.15) is 34.3 Å². The average Bonchev–Trinajstić information content (AvgIpc) is 3.41. The van der Waals surface area contributed by atoms with Gasteiger partial charge in [-0.15, -0.1) is 0 Å². The molecule has 3 aliphatic rings. The van der Waals surface area contributed by atoms with Crippen LogP contribution >= 0.6 is 0 Å². The number of carbonyl (C=O) groups is 3. The lowest BCUT2D eigenvalue weighted by Gasteiger charge is -2.22. The first-order valence-corrected chi connectivity index (χ1v) is 14.1. The number of halogens is 1. The Hall–Kier alpha value is -4.80. The zero-order valence-corrected chi connectivity index (χ0v) is 24.1. The van der Waals surface area contributed by atoms with Crippen molar-refractivity contribution in [1.29, 1.82) is 0 Å². The van der Waals surface area contributed by atoms with E-state index in [0.717, 1.165) is 11.1 Å². The molecule has 1 fully saturated rings. The van der Waals surface area contributed by atoms with Crippen LogP contribution in [-0.4, -0.2) is 68.7 Å². The van der Waals surface area contributed by atoms with Crippen molar-refractivity contribution < 1.29 is 37.7 Å². The van der Waals surface area contributed by atoms with Gasteiger partial charge in [-0.25, -0.2) is 4.39 Å². The van der Waals surface area contributed by atoms with Crippen LogP contribution in [0.3, 0.4) is 0 Å². The van der Waals surface area contributed by atoms with Gasteiger partial charge in [0.1, 0.15) is 34.9 Å². The number of ether oxygens (including phenoxy) is 4. The third-order valence-corrected chi connectivity index (χ3v) is 7.47. The van der Waals surface area contributed by atoms with Crippen LogP contribution in [0.25, 0.3) is 0 Å². The van der Waals surface area contributed by atoms with Crippen LogP contribution < -0.4 is 29.6 Å². The van der Waals surface area contributed by atoms with E-state index >= 15 is 0 Å². The van der Waals surface area contributed by atoms with E-state index in [0.29, 0.717) is 42.3 Å². The molecule has 3 aromatic rings. The van der Waals surface area contributed by atoms with Crippen molar-refractivity contribution in [1.82, 2.24) is 15.5 Å². The summed E-state index contributed by atoms with van der Waals surface area (Å²) in [5.74, 6) is 0.589. The molecule has 3 amide bonds. The van der Waals surface area contributed by atoms with Crippen molar-refractivity contribution in [2.75, 3.05) is 33.9 Å². The van der Waals surface area contributed by atoms with E-state index in [1.54, 1.807) is 47.4 Å². The number of aryl methyl sites for hydroxylation is 1. The van der Waals surface area contributed by atoms with E-state index in [1.165, 1.54) is 32.4 Å². The molecule has 0 unspecified atom stereocenters. The summed E-state index contributed by atoms with van der Waals surface area (Å²) in [6, 6.07) is 15.7. The zero-order valence-electron chi connectivity index (χ0n) is 24.1. The Morgan fingerprint density at radius 3 is 2.58 bits per heavy atom. The predicted octanol–water partition coefficient (Wildman–Crippen LogP) is 3.26. The number of hydrogen-bond donors (Lipinski definition) is 2. The normalized spacial score (nSPS) is 18.4. The number of likely N-dealkylation sites (tertiary alicyclic amines) is 1. The first-order chi connectivity index (χ1) is 20.8. The van der Waals surface area contributed by atoms with Gasteiger partial charge in [0.15, 0.2) is 6.61 Å². The maximum absolute atomic E-state index is 13.4. The highest BCUT2D eigenvalue weighted by Gasteiger charge is 2.38. The molecule has 3 aliphatic heterocycles. The molecule has 0 aromatic heterocycles. The van der Waals surface area contributed by atoms with Gasteiger partial charge in [0.25, 0.3) is 11.8 Å². The second-order valence-corrected chi connectivity index (χ2v) is 10.5. The highest BCUT2D eigenvalue weighted by atomic mass is 19.1. The fourth-order valence-corrected chi connectivity index (χ4v) is 5.16. The zero-order chi connectivity index (χ0) is 30.3. The molecule has 0 radical (unpaired) electrons. The summed E-state index contributed by atoms with van der Waals surface area (Å²) >= 11 is 0. The van der Waals surface area contributed by atoms with Crippen molar-refractivity contribution in [2.24, 2.45) is 0 Å². The first kappa shape index (κ1) is 29.7. The number of fused-ring (bicyclic) bond motifs is 7. The number of nitrogens with zero attached hydrogens (tertiary/aromatic N) is 1. The van der Waals surface area contributed by atoms with E-state index in [2.05, 4.69) is 10.6 Å². The molecule has 6 rings (SSSR count). The van der Waals surface area contributed by atoms with Crippen molar-refractivity contribution in [3.63, 3.8) is 0 Å². The van der Waals surface area contributed by atoms with Crippen LogP contribution in [0.15, 0.2) is 60.7 Å². The summed E-state index contributed by atoms with van der Waals surface area (Å²) in [5, 5.41) is 5.82. The summed E-state index contributed by atoms with van der Waals surface area (Å²) in [6.07, 6.45) is 1.01. The quantitative estimate of drug-likeness (QED) is 0.452. The fraction of sp³-hybridized carbons (Fsp3) is 0.344. The van der Waals surface area contributed by atoms with Gasteiger partial charge in [-0.2, -0.15) is 0 Å². The van der Waals surface area contributed by atoms with E-state index in [-0.39, 0.29) is 49.4 Å². The molecule has 2 atom stereocenters. The lowest BCUT2D eigenvalue weighted by molar-refractivity contribution is -0.130. The summed E-state index contributed by atoms with van der Waals surface area (Å²) in [5.41, 5.74) is 1.97. The standard InChI is InChI=1S/C32H34FN3O7/c1-40-25-12-22-13-26(14-25)42-19-30(37)34-16-21-8-11-24(15-28(21)41-2)43-29-18-36(17-27(29)35-32(22)39)31(38)5-3-4-20-6-9-23(33)10-7-20/h6-15,27,29H,3-5,16-19H2,1-2H3,(H,34,37)(H,35,39)/t27-,29-/m0/s1. The van der Waals surface area contributed by atoms with E-state index < -0.39 is 18.1 Å². The van der Waals surface area contributed by atoms with Gasteiger partial charge in [0, 0.05) is 42.8 Å². The molecule has 0 spiro atoms. The maximum atomic E-state index is 13.4. The van der Waals surface area contributed by atoms with Gasteiger partial charge in [-0.3, -0.25) is 14.4 Å². The molecule has 4 bridgehead atoms. The first-order valence-electron chi connectivity index (χ1n) is 14.1. The van der Waals surface area contributed by atoms with Crippen LogP contribution in [-0.2, 0) is 22.6 Å². The number of nitrogens with one attached hydrogen (secondary N) is 2. The highest BCUT2D eigenvalue weighted by molar-refractivity contribution is 5.95. The molecule has 43 heavy (non-hydrogen) atoms. The molecule has 0 aliphatic carbocycles. The molecular formula is C32H34FN3O7. The van der Waals surface area contributed by atoms with Gasteiger partial charge in [0.05, 0.1) is 26.8 Å². The summed E-state index contributed by atoms with van der Waals surface area (Å²) in [4.78, 5) is 40.8. The van der Waals surface area contributed by atoms with Crippen LogP contribution in [0.4, 0.5) is 4.39 Å². The number of amides is 3. The van der Waals surface area contributed by atoms with Crippen molar-refractivity contribution in [3.8, 4) is 23.0 Å². The molecule has 0 saturated carbocycles. The van der Waals surface area contributed by atoms with E-state index in [9.17, 15) is 18.8 Å². The Kier molecular flexibility index (Phi) is 9.29. The number of rotatable bonds is 6. The lowest BCUT2D eigenvalue weighted by Crippen LogP contribution is -2.45. The van der Waals surface area contributed by atoms with Gasteiger partial charge in [-0.05, 0) is 54.8 Å². The van der Waals surface area contributed by atoms with Crippen molar-refractivity contribution in [3.05, 3.63) is 83.2 Å². The van der Waals surface area contributed by atoms with Gasteiger partial charge >= 0.3 is 0 Å². The topological polar surface area (TPSA) is 115 Å². The lowest BCUT2D eigenvalue weighted by atomic mass is 10.1. The third-order valence-electron chi connectivity index (χ3n) is 7.47. The number of carbonyl (C=O) groups excluding carboxylic acids is 3. The van der Waals surface area contributed by atoms with Gasteiger partial charge in [0.2, 0.25) is 5.91 Å². The molecule has 3 heterocycles. The third kappa shape index (κ3) is 7.54. The van der Waals surface area contributed by atoms with Crippen LogP contribution in [0, 0.1) is 5.82 Å². The predicted molar refractivity (Wildman–Crippen MR) is 155 cm³/mol. The smallest absolute Gasteiger partial charge is 0.258 e. The Morgan fingerprint density at radius 2 is 1.81 bits per heavy atom. The minimum Gasteiger partial charge on any atom is -0.497 e. The Bertz CT molecular complexity index is 1480. The number of benzene rings is 3. The van der Waals surface area contributed by atoms with Crippen LogP contribution in [0.5, 0.6) is 23.0 Å². The molecule has 1 saturated heterocycles. The van der Waals surface area contributed by atoms with Gasteiger partial charge < -0.3 is 34.5 Å². The second-order valence-electron chi connectivity index (χ2n) is 10.5. The molecule has 11 heteroatoms. The minimum absolute atomic E-state index is 0.0599. The van der Waals surface area contributed by atoms with Crippen molar-refractivity contribution >= 4 is 17.7 Å². The Balaban J connectivity index is 1.37. The van der Waals surface area contributed by atoms with E-state index in [4.69, 9.17) is 18.9 Å². The monoisotopic (exact) mass is 591 g/mol. The summed E-state index contributed by atoms with van der Waals surface area (Å²) in [7, 11) is 3.00. The average molecular weight is 592 g/mol. The molecular weight excluding hydrogens is 557 g/mol. The SMILES string of the molecule is COc1cc2cc(c1)C(=O)N[C@H]1CN(C(=O)CCCc3ccc(F)cc3)C[C@@H]1Oc1ccc(c(OC)c1)CNC(=O)CO2. The van der Waals surface area contributed by atoms with Crippen molar-refractivity contribution in [2.45, 2.75) is 38.0 Å². The highest BCUT2D eigenvalue weighted by Crippen LogP contribution is 2.28. The molecule has 226 valence electrons. The molecule has 10 nitrogen and oxygen atoms in total. The van der Waals surface area contributed by atoms with Crippen LogP contribution in [0.2, 0.25) is 0 Å². The summed E-state index contributed by atoms with van der Waals surface area (Å²) in [6.45, 7) is 0.474. The second kappa shape index (κ2) is 13.5. The minimum atomic E-state index is -0.544. The maximum Gasteiger partial charge on any atom is 0.258 e. The summed E-state index contributed by atoms with van der Waals surface area (Å²) < 4.78 is 36.1. The number of methoxy groups -OCH3 is 2. The molecule has 2 N–H and O–H groups in total. The fourth-order valence-electron chi connectivity index (χ4n) is 5.16. The number of hydrogen-bond acceptors (Lipinski definition) is 7. The van der Waals surface area contributed by atoms with E-state index in [1.807, 2.05) is 0 Å². The Morgan fingerprint density at radius 1 is 1.00 bits per heavy atom. The Labute approximate surface area is 249 Å².